The van der Waals surface area contributed by atoms with Crippen LogP contribution in [-0.4, -0.2) is 12.2 Å². The molecule has 88 valence electrons. The average Bonchev–Trinajstić information content (AvgIpc) is 2.33. The van der Waals surface area contributed by atoms with Crippen LogP contribution in [0.4, 0.5) is 11.4 Å². The van der Waals surface area contributed by atoms with Gasteiger partial charge in [0, 0.05) is 0 Å². The number of nitrogens with zero attached hydrogens (tertiary/aromatic N) is 2. The van der Waals surface area contributed by atoms with Crippen LogP contribution in [0, 0.1) is 0 Å². The highest BCUT2D eigenvalue weighted by Gasteiger charge is 2.03. The molecule has 0 radical (unpaired) electrons. The molecule has 4 nitrogen and oxygen atoms in total. The molecule has 0 aliphatic carbocycles. The van der Waals surface area contributed by atoms with Gasteiger partial charge in [-0.15, -0.1) is 0 Å². The van der Waals surface area contributed by atoms with E-state index in [0.29, 0.717) is 11.4 Å². The Balaban J connectivity index is 2.95. The summed E-state index contributed by atoms with van der Waals surface area (Å²) in [4.78, 5) is 27.6. The molecule has 4 heteroatoms. The van der Waals surface area contributed by atoms with E-state index < -0.39 is 0 Å². The molecule has 1 aromatic rings. The van der Waals surface area contributed by atoms with Gasteiger partial charge >= 0.3 is 0 Å². The molecule has 0 saturated carbocycles. The molecule has 0 spiro atoms. The van der Waals surface area contributed by atoms with Crippen LogP contribution in [-0.2, 0) is 16.0 Å². The lowest BCUT2D eigenvalue weighted by molar-refractivity contribution is 0.564. The minimum atomic E-state index is 0.452. The first-order chi connectivity index (χ1) is 8.31. The third kappa shape index (κ3) is 4.15. The van der Waals surface area contributed by atoms with Crippen LogP contribution >= 0.6 is 0 Å². The van der Waals surface area contributed by atoms with Crippen LogP contribution in [0.3, 0.4) is 0 Å². The number of unbranched alkanes of at least 4 members (excludes halogenated alkanes) is 2. The van der Waals surface area contributed by atoms with Gasteiger partial charge in [-0.3, -0.25) is 0 Å². The van der Waals surface area contributed by atoms with E-state index in [0.717, 1.165) is 31.2 Å². The molecule has 0 aliphatic rings. The van der Waals surface area contributed by atoms with E-state index in [1.54, 1.807) is 12.1 Å². The first kappa shape index (κ1) is 13.0. The lowest BCUT2D eigenvalue weighted by Crippen LogP contribution is -1.86. The third-order valence-corrected chi connectivity index (χ3v) is 2.46. The van der Waals surface area contributed by atoms with Crippen molar-refractivity contribution >= 4 is 23.5 Å². The highest BCUT2D eigenvalue weighted by atomic mass is 16.1. The highest BCUT2D eigenvalue weighted by molar-refractivity contribution is 5.62. The predicted molar refractivity (Wildman–Crippen MR) is 65.2 cm³/mol. The van der Waals surface area contributed by atoms with Crippen LogP contribution in [0.25, 0.3) is 0 Å². The number of aryl methyl sites for hydroxylation is 1. The minimum absolute atomic E-state index is 0.452. The van der Waals surface area contributed by atoms with Gasteiger partial charge in [0.05, 0.1) is 11.4 Å². The third-order valence-electron chi connectivity index (χ3n) is 2.46. The Morgan fingerprint density at radius 3 is 2.53 bits per heavy atom. The van der Waals surface area contributed by atoms with Crippen LogP contribution < -0.4 is 0 Å². The lowest BCUT2D eigenvalue weighted by atomic mass is 10.0. The molecule has 0 saturated heterocycles. The molecule has 0 N–H and O–H groups in total. The van der Waals surface area contributed by atoms with E-state index in [1.807, 2.05) is 6.07 Å². The van der Waals surface area contributed by atoms with Crippen molar-refractivity contribution in [3.63, 3.8) is 0 Å². The van der Waals surface area contributed by atoms with Crippen molar-refractivity contribution in [3.8, 4) is 0 Å². The number of hydrogen-bond acceptors (Lipinski definition) is 4. The van der Waals surface area contributed by atoms with Gasteiger partial charge in [-0.25, -0.2) is 9.59 Å². The fraction of sp³-hybridized carbons (Fsp3) is 0.385. The van der Waals surface area contributed by atoms with E-state index >= 15 is 0 Å². The second-order valence-corrected chi connectivity index (χ2v) is 3.68. The fourth-order valence-corrected chi connectivity index (χ4v) is 1.60. The zero-order valence-corrected chi connectivity index (χ0v) is 9.77. The van der Waals surface area contributed by atoms with Gasteiger partial charge in [0.2, 0.25) is 12.2 Å². The van der Waals surface area contributed by atoms with Crippen molar-refractivity contribution in [2.75, 3.05) is 0 Å². The smallest absolute Gasteiger partial charge is 0.211 e. The van der Waals surface area contributed by atoms with Gasteiger partial charge in [0.1, 0.15) is 0 Å². The first-order valence-electron chi connectivity index (χ1n) is 5.60. The number of hydrogen-bond donors (Lipinski definition) is 0. The standard InChI is InChI=1S/C13H14N2O2/c1-2-3-4-5-11-6-7-12(14-9-16)8-13(11)15-10-17/h6-8H,2-5H2,1H3. The number of carbonyl (C=O) groups excluding carboxylic acids is 2. The summed E-state index contributed by atoms with van der Waals surface area (Å²) in [6.07, 6.45) is 7.17. The van der Waals surface area contributed by atoms with Crippen LogP contribution in [0.5, 0.6) is 0 Å². The van der Waals surface area contributed by atoms with Crippen molar-refractivity contribution < 1.29 is 9.59 Å². The Morgan fingerprint density at radius 2 is 1.88 bits per heavy atom. The largest absolute Gasteiger partial charge is 0.240 e. The summed E-state index contributed by atoms with van der Waals surface area (Å²) in [6.45, 7) is 2.13. The minimum Gasteiger partial charge on any atom is -0.211 e. The SMILES string of the molecule is CCCCCc1ccc(N=C=O)cc1N=C=O. The van der Waals surface area contributed by atoms with Crippen molar-refractivity contribution in [1.29, 1.82) is 0 Å². The van der Waals surface area contributed by atoms with E-state index in [1.165, 1.54) is 12.2 Å². The molecule has 0 amide bonds. The number of isocyanates is 2. The summed E-state index contributed by atoms with van der Waals surface area (Å²) in [6, 6.07) is 5.15. The van der Waals surface area contributed by atoms with Crippen LogP contribution in [0.15, 0.2) is 28.2 Å². The molecule has 0 fully saturated rings. The molecule has 1 rings (SSSR count). The Morgan fingerprint density at radius 1 is 1.12 bits per heavy atom. The number of rotatable bonds is 6. The average molecular weight is 230 g/mol. The first-order valence-corrected chi connectivity index (χ1v) is 5.60. The zero-order chi connectivity index (χ0) is 12.5. The Hall–Kier alpha value is -2.02. The van der Waals surface area contributed by atoms with E-state index in [9.17, 15) is 9.59 Å². The van der Waals surface area contributed by atoms with Gasteiger partial charge < -0.3 is 0 Å². The lowest BCUT2D eigenvalue weighted by Gasteiger charge is -2.04. The maximum Gasteiger partial charge on any atom is 0.240 e. The number of aliphatic imine (C=N–C) groups is 2. The molecule has 0 aromatic heterocycles. The van der Waals surface area contributed by atoms with Crippen molar-refractivity contribution in [2.24, 2.45) is 9.98 Å². The summed E-state index contributed by atoms with van der Waals surface area (Å²) < 4.78 is 0. The van der Waals surface area contributed by atoms with Gasteiger partial charge in [-0.1, -0.05) is 25.8 Å². The maximum absolute atomic E-state index is 10.3. The van der Waals surface area contributed by atoms with Crippen molar-refractivity contribution in [3.05, 3.63) is 23.8 Å². The molecule has 0 heterocycles. The van der Waals surface area contributed by atoms with Gasteiger partial charge in [-0.2, -0.15) is 9.98 Å². The molecular formula is C13H14N2O2. The van der Waals surface area contributed by atoms with Crippen molar-refractivity contribution in [2.45, 2.75) is 32.6 Å². The Labute approximate surface area is 100 Å². The van der Waals surface area contributed by atoms with E-state index in [2.05, 4.69) is 16.9 Å². The Kier molecular flexibility index (Phi) is 5.59. The summed E-state index contributed by atoms with van der Waals surface area (Å²) >= 11 is 0. The monoisotopic (exact) mass is 230 g/mol. The van der Waals surface area contributed by atoms with Crippen LogP contribution in [0.2, 0.25) is 0 Å². The van der Waals surface area contributed by atoms with Crippen molar-refractivity contribution in [1.82, 2.24) is 0 Å². The zero-order valence-electron chi connectivity index (χ0n) is 9.77. The molecular weight excluding hydrogens is 216 g/mol. The van der Waals surface area contributed by atoms with E-state index in [4.69, 9.17) is 0 Å². The van der Waals surface area contributed by atoms with Gasteiger partial charge in [0.25, 0.3) is 0 Å². The van der Waals surface area contributed by atoms with Crippen LogP contribution in [0.1, 0.15) is 31.7 Å². The molecule has 1 aromatic carbocycles. The quantitative estimate of drug-likeness (QED) is 0.427. The summed E-state index contributed by atoms with van der Waals surface area (Å²) in [5.74, 6) is 0. The Bertz CT molecular complexity index is 470. The summed E-state index contributed by atoms with van der Waals surface area (Å²) in [5, 5.41) is 0. The molecule has 0 aliphatic heterocycles. The highest BCUT2D eigenvalue weighted by Crippen LogP contribution is 2.26. The van der Waals surface area contributed by atoms with E-state index in [-0.39, 0.29) is 0 Å². The normalized spacial score (nSPS) is 9.24. The molecule has 0 bridgehead atoms. The molecule has 0 atom stereocenters. The fourth-order valence-electron chi connectivity index (χ4n) is 1.60. The van der Waals surface area contributed by atoms with Gasteiger partial charge in [0.15, 0.2) is 0 Å². The second kappa shape index (κ2) is 7.29. The van der Waals surface area contributed by atoms with Gasteiger partial charge in [-0.05, 0) is 30.5 Å². The molecule has 17 heavy (non-hydrogen) atoms. The summed E-state index contributed by atoms with van der Waals surface area (Å²) in [5.41, 5.74) is 1.97. The second-order valence-electron chi connectivity index (χ2n) is 3.68. The summed E-state index contributed by atoms with van der Waals surface area (Å²) in [7, 11) is 0. The molecule has 0 unspecified atom stereocenters. The maximum atomic E-state index is 10.3. The topological polar surface area (TPSA) is 58.9 Å². The predicted octanol–water partition coefficient (Wildman–Crippen LogP) is 3.35. The number of benzene rings is 1.